The molecule has 0 saturated heterocycles. The first-order chi connectivity index (χ1) is 34.7. The topological polar surface area (TPSA) is 34.2 Å². The molecule has 2 aromatic heterocycles. The van der Waals surface area contributed by atoms with Gasteiger partial charge in [-0.25, -0.2) is 0 Å². The van der Waals surface area contributed by atoms with Crippen molar-refractivity contribution in [3.05, 3.63) is 223 Å². The first-order valence-corrected chi connectivity index (χ1v) is 24.7. The van der Waals surface area contributed by atoms with Crippen LogP contribution in [-0.2, 0) is 5.41 Å². The molecule has 336 valence electrons. The monoisotopic (exact) mass is 910 g/mol. The lowest BCUT2D eigenvalue weighted by Gasteiger charge is -2.32. The molecule has 0 atom stereocenters. The van der Waals surface area contributed by atoms with Gasteiger partial charge >= 0.3 is 5.96 Å². The van der Waals surface area contributed by atoms with Crippen molar-refractivity contribution in [2.24, 2.45) is 5.10 Å². The van der Waals surface area contributed by atoms with Crippen LogP contribution in [0.2, 0.25) is 0 Å². The minimum Gasteiger partial charge on any atom is -0.309 e. The Hall–Kier alpha value is -8.77. The molecule has 15 rings (SSSR count). The molecule has 0 fully saturated rings. The number of hydrogen-bond donors (Lipinski definition) is 1. The third kappa shape index (κ3) is 5.64. The van der Waals surface area contributed by atoms with Gasteiger partial charge in [0, 0.05) is 32.6 Å². The van der Waals surface area contributed by atoms with E-state index in [-0.39, 0.29) is 5.41 Å². The maximum Gasteiger partial charge on any atom is 0.312 e. The van der Waals surface area contributed by atoms with E-state index < -0.39 is 0 Å². The first kappa shape index (κ1) is 40.1. The second kappa shape index (κ2) is 14.4. The number of quaternary nitrogens is 1. The van der Waals surface area contributed by atoms with Crippen LogP contribution in [0.1, 0.15) is 25.0 Å². The Morgan fingerprint density at radius 3 is 1.61 bits per heavy atom. The van der Waals surface area contributed by atoms with Gasteiger partial charge in [-0.3, -0.25) is 4.57 Å². The maximum absolute atomic E-state index is 5.12. The Kier molecular flexibility index (Phi) is 8.14. The molecule has 1 N–H and O–H groups in total. The Bertz CT molecular complexity index is 4470. The van der Waals surface area contributed by atoms with E-state index in [4.69, 9.17) is 5.10 Å². The molecule has 13 aromatic rings. The van der Waals surface area contributed by atoms with E-state index in [2.05, 4.69) is 255 Å². The minimum atomic E-state index is -0.170. The molecule has 0 saturated carbocycles. The molecule has 0 unspecified atom stereocenters. The number of fused-ring (bicyclic) bond motifs is 13. The van der Waals surface area contributed by atoms with Crippen molar-refractivity contribution in [2.75, 3.05) is 14.1 Å². The van der Waals surface area contributed by atoms with E-state index in [0.29, 0.717) is 4.70 Å². The molecule has 1 aliphatic carbocycles. The van der Waals surface area contributed by atoms with Gasteiger partial charge in [0.05, 0.1) is 22.1 Å². The molecular weight excluding hydrogens is 863 g/mol. The van der Waals surface area contributed by atoms with Crippen molar-refractivity contribution >= 4 is 81.9 Å². The molecule has 0 amide bonds. The van der Waals surface area contributed by atoms with E-state index in [1.165, 1.54) is 109 Å². The van der Waals surface area contributed by atoms with Gasteiger partial charge in [-0.2, -0.15) is 5.43 Å². The number of nitrogens with zero attached hydrogens (tertiary/aromatic N) is 4. The molecule has 0 spiro atoms. The van der Waals surface area contributed by atoms with Crippen LogP contribution in [-0.4, -0.2) is 33.9 Å². The zero-order valence-corrected chi connectivity index (χ0v) is 40.0. The van der Waals surface area contributed by atoms with Crippen LogP contribution in [0.25, 0.3) is 126 Å². The smallest absolute Gasteiger partial charge is 0.309 e. The van der Waals surface area contributed by atoms with Crippen LogP contribution in [0, 0.1) is 0 Å². The highest BCUT2D eigenvalue weighted by molar-refractivity contribution is 6.26. The minimum absolute atomic E-state index is 0.170. The van der Waals surface area contributed by atoms with Gasteiger partial charge in [0.15, 0.2) is 0 Å². The number of para-hydroxylation sites is 2. The third-order valence-electron chi connectivity index (χ3n) is 15.8. The van der Waals surface area contributed by atoms with Crippen LogP contribution in [0.15, 0.2) is 217 Å². The van der Waals surface area contributed by atoms with Gasteiger partial charge in [0.2, 0.25) is 0 Å². The number of benzene rings is 11. The molecule has 5 heteroatoms. The predicted molar refractivity (Wildman–Crippen MR) is 298 cm³/mol. The molecule has 0 bridgehead atoms. The fourth-order valence-electron chi connectivity index (χ4n) is 12.6. The van der Waals surface area contributed by atoms with Crippen LogP contribution in [0.4, 0.5) is 0 Å². The molecule has 2 aliphatic rings. The summed E-state index contributed by atoms with van der Waals surface area (Å²) < 4.78 is 5.11. The second-order valence-electron chi connectivity index (χ2n) is 20.6. The molecule has 11 aromatic carbocycles. The SMILES string of the molecule is CC1(C)c2ccccc2-c2c1cc(-c1c3ccccc3c(-c3ccccc3)c3ccc(-c4ccc5c6cc7c(cc6n(C6=N[N+](C)(C)N6)c5c4)c4ccccc4n7-c4ccccc4)cc13)c1ccccc21. The lowest BCUT2D eigenvalue weighted by atomic mass is 9.78. The predicted octanol–water partition coefficient (Wildman–Crippen LogP) is 16.4. The zero-order chi connectivity index (χ0) is 47.3. The average molecular weight is 911 g/mol. The van der Waals surface area contributed by atoms with Gasteiger partial charge in [0.1, 0.15) is 14.1 Å². The quantitative estimate of drug-likeness (QED) is 0.139. The van der Waals surface area contributed by atoms with Crippen LogP contribution in [0.3, 0.4) is 0 Å². The van der Waals surface area contributed by atoms with Crippen molar-refractivity contribution in [2.45, 2.75) is 19.3 Å². The Labute approximate surface area is 411 Å². The zero-order valence-electron chi connectivity index (χ0n) is 40.0. The fourth-order valence-corrected chi connectivity index (χ4v) is 12.6. The lowest BCUT2D eigenvalue weighted by Crippen LogP contribution is -2.62. The van der Waals surface area contributed by atoms with Crippen LogP contribution < -0.4 is 5.43 Å². The summed E-state index contributed by atoms with van der Waals surface area (Å²) in [5.74, 6) is 0.839. The molecular formula is C66H48N5+. The molecule has 0 radical (unpaired) electrons. The van der Waals surface area contributed by atoms with Crippen molar-refractivity contribution in [1.29, 1.82) is 0 Å². The summed E-state index contributed by atoms with van der Waals surface area (Å²) in [7, 11) is 4.14. The fraction of sp³-hybridized carbons (Fsp3) is 0.0758. The maximum atomic E-state index is 5.12. The molecule has 5 nitrogen and oxygen atoms in total. The van der Waals surface area contributed by atoms with Gasteiger partial charge in [-0.15, -0.1) is 4.70 Å². The standard InChI is InChI=1S/C66H48N5/c1-66(2)56-29-17-15-28-51(56)64-47-25-12-11-23-44(47)55(37-57(64)66)63-49-27-14-13-26-48(49)62(40-19-7-5-8-20-40)50-34-32-41(35-54(50)63)42-31-33-46-53-38-60-52(39-61(53)70(59(46)36-42)65-67-71(3,4)68-65)45-24-16-18-30-58(45)69(60)43-21-9-6-10-22-43/h5-39H,1-4H3,(H,67,68)/q+1. The van der Waals surface area contributed by atoms with Crippen molar-refractivity contribution in [3.63, 3.8) is 0 Å². The summed E-state index contributed by atoms with van der Waals surface area (Å²) in [5.41, 5.74) is 22.0. The molecule has 71 heavy (non-hydrogen) atoms. The van der Waals surface area contributed by atoms with Gasteiger partial charge < -0.3 is 4.57 Å². The summed E-state index contributed by atoms with van der Waals surface area (Å²) in [6, 6.07) is 79.2. The largest absolute Gasteiger partial charge is 0.312 e. The normalized spacial score (nSPS) is 14.6. The summed E-state index contributed by atoms with van der Waals surface area (Å²) >= 11 is 0. The number of rotatable bonds is 4. The van der Waals surface area contributed by atoms with Gasteiger partial charge in [0.25, 0.3) is 0 Å². The highest BCUT2D eigenvalue weighted by Gasteiger charge is 2.38. The Balaban J connectivity index is 1.02. The first-order valence-electron chi connectivity index (χ1n) is 24.7. The van der Waals surface area contributed by atoms with E-state index in [1.807, 2.05) is 0 Å². The number of nitrogens with one attached hydrogen (secondary N) is 1. The van der Waals surface area contributed by atoms with E-state index in [9.17, 15) is 0 Å². The molecule has 1 aliphatic heterocycles. The highest BCUT2D eigenvalue weighted by atomic mass is 15.9. The molecule has 3 heterocycles. The summed E-state index contributed by atoms with van der Waals surface area (Å²) in [5, 5.41) is 17.5. The average Bonchev–Trinajstić information content (AvgIpc) is 3.98. The summed E-state index contributed by atoms with van der Waals surface area (Å²) in [6.45, 7) is 4.80. The third-order valence-corrected chi connectivity index (χ3v) is 15.8. The van der Waals surface area contributed by atoms with E-state index in [1.54, 1.807) is 0 Å². The lowest BCUT2D eigenvalue weighted by molar-refractivity contribution is -0.949. The van der Waals surface area contributed by atoms with Crippen molar-refractivity contribution < 1.29 is 4.70 Å². The Morgan fingerprint density at radius 1 is 0.366 bits per heavy atom. The van der Waals surface area contributed by atoms with Gasteiger partial charge in [-0.1, -0.05) is 178 Å². The van der Waals surface area contributed by atoms with Crippen LogP contribution in [0.5, 0.6) is 0 Å². The number of hydrogen-bond acceptors (Lipinski definition) is 2. The van der Waals surface area contributed by atoms with Crippen molar-refractivity contribution in [1.82, 2.24) is 14.6 Å². The highest BCUT2D eigenvalue weighted by Crippen LogP contribution is 2.55. The van der Waals surface area contributed by atoms with E-state index in [0.717, 1.165) is 33.8 Å². The van der Waals surface area contributed by atoms with Crippen molar-refractivity contribution in [3.8, 4) is 50.2 Å². The van der Waals surface area contributed by atoms with Gasteiger partial charge in [-0.05, 0) is 142 Å². The Morgan fingerprint density at radius 2 is 0.887 bits per heavy atom. The second-order valence-corrected chi connectivity index (χ2v) is 20.6. The number of aromatic nitrogens is 2. The summed E-state index contributed by atoms with van der Waals surface area (Å²) in [6.07, 6.45) is 0. The van der Waals surface area contributed by atoms with E-state index >= 15 is 0 Å². The summed E-state index contributed by atoms with van der Waals surface area (Å²) in [4.78, 5) is 0. The van der Waals surface area contributed by atoms with Crippen LogP contribution >= 0.6 is 0 Å².